The van der Waals surface area contributed by atoms with E-state index < -0.39 is 6.04 Å². The summed E-state index contributed by atoms with van der Waals surface area (Å²) in [5.74, 6) is 0.319. The van der Waals surface area contributed by atoms with Crippen LogP contribution in [0.4, 0.5) is 22.0 Å². The van der Waals surface area contributed by atoms with Crippen LogP contribution in [0.2, 0.25) is 0 Å². The average molecular weight is 481 g/mol. The van der Waals surface area contributed by atoms with E-state index in [1.165, 1.54) is 0 Å². The fourth-order valence-corrected chi connectivity index (χ4v) is 4.30. The summed E-state index contributed by atoms with van der Waals surface area (Å²) in [6.07, 6.45) is 2.38. The predicted octanol–water partition coefficient (Wildman–Crippen LogP) is 4.31. The van der Waals surface area contributed by atoms with Gasteiger partial charge in [-0.2, -0.15) is 0 Å². The quantitative estimate of drug-likeness (QED) is 0.342. The van der Waals surface area contributed by atoms with E-state index >= 15 is 0 Å². The number of nitrogens with two attached hydrogens (primary N) is 1. The minimum absolute atomic E-state index is 0.154. The molecule has 8 heteroatoms. The number of nitrogens with zero attached hydrogens (tertiary/aromatic N) is 2. The summed E-state index contributed by atoms with van der Waals surface area (Å²) < 4.78 is 0. The van der Waals surface area contributed by atoms with E-state index in [1.54, 1.807) is 18.1 Å². The van der Waals surface area contributed by atoms with Crippen molar-refractivity contribution in [2.24, 2.45) is 0 Å². The zero-order valence-electron chi connectivity index (χ0n) is 20.0. The molecule has 2 aliphatic rings. The van der Waals surface area contributed by atoms with Crippen molar-refractivity contribution >= 4 is 39.9 Å². The van der Waals surface area contributed by atoms with Crippen LogP contribution >= 0.6 is 0 Å². The van der Waals surface area contributed by atoms with Gasteiger partial charge in [-0.15, -0.1) is 0 Å². The summed E-state index contributed by atoms with van der Waals surface area (Å²) >= 11 is 0. The molecule has 1 unspecified atom stereocenters. The Hall–Kier alpha value is -4.59. The number of urea groups is 1. The molecule has 0 spiro atoms. The molecule has 0 fully saturated rings. The van der Waals surface area contributed by atoms with Gasteiger partial charge in [0.05, 0.1) is 0 Å². The molecule has 2 aliphatic heterocycles. The first-order valence-electron chi connectivity index (χ1n) is 11.8. The number of nitrogen functional groups attached to an aromatic ring is 1. The van der Waals surface area contributed by atoms with Crippen LogP contribution in [0.15, 0.2) is 79.0 Å². The zero-order chi connectivity index (χ0) is 25.1. The van der Waals surface area contributed by atoms with Crippen LogP contribution in [0.3, 0.4) is 0 Å². The van der Waals surface area contributed by atoms with E-state index in [-0.39, 0.29) is 11.9 Å². The molecule has 3 amide bonds. The van der Waals surface area contributed by atoms with Crippen molar-refractivity contribution in [2.45, 2.75) is 19.0 Å². The summed E-state index contributed by atoms with van der Waals surface area (Å²) in [5.41, 5.74) is 10.3. The standard InChI is InChI=1S/C28H28N6O2/c1-34-14-12-18-5-7-20(8-6-18)25(32-23-9-10-24-21(16-23)11-13-30-26(24)29)27(35)31-17-19-3-2-4-22(15-19)33-28(34)36/h2-11,13,15-16,25,32H,12,14,17H2,1H3,(H2,29,30)(H,31,35)(H,33,36). The van der Waals surface area contributed by atoms with Crippen LogP contribution in [0, 0.1) is 0 Å². The summed E-state index contributed by atoms with van der Waals surface area (Å²) in [7, 11) is 1.78. The van der Waals surface area contributed by atoms with Crippen molar-refractivity contribution in [3.63, 3.8) is 0 Å². The molecule has 182 valence electrons. The van der Waals surface area contributed by atoms with E-state index in [2.05, 4.69) is 20.9 Å². The van der Waals surface area contributed by atoms with Gasteiger partial charge in [0, 0.05) is 43.1 Å². The fraction of sp³-hybridized carbons (Fsp3) is 0.179. The van der Waals surface area contributed by atoms with Crippen LogP contribution in [-0.4, -0.2) is 35.4 Å². The Morgan fingerprint density at radius 1 is 1.00 bits per heavy atom. The molecule has 1 atom stereocenters. The van der Waals surface area contributed by atoms with Crippen molar-refractivity contribution in [2.75, 3.05) is 30.0 Å². The highest BCUT2D eigenvalue weighted by atomic mass is 16.2. The van der Waals surface area contributed by atoms with Crippen molar-refractivity contribution in [1.82, 2.24) is 15.2 Å². The Labute approximate surface area is 209 Å². The minimum atomic E-state index is -0.603. The molecular weight excluding hydrogens is 452 g/mol. The predicted molar refractivity (Wildman–Crippen MR) is 143 cm³/mol. The first-order chi connectivity index (χ1) is 17.5. The second kappa shape index (κ2) is 9.95. The number of anilines is 3. The van der Waals surface area contributed by atoms with Gasteiger partial charge in [0.1, 0.15) is 11.9 Å². The number of pyridine rings is 1. The van der Waals surface area contributed by atoms with Crippen LogP contribution in [0.5, 0.6) is 0 Å². The maximum Gasteiger partial charge on any atom is 0.321 e. The van der Waals surface area contributed by atoms with E-state index in [0.717, 1.165) is 33.2 Å². The number of fused-ring (bicyclic) bond motifs is 10. The number of hydrogen-bond acceptors (Lipinski definition) is 5. The lowest BCUT2D eigenvalue weighted by atomic mass is 10.0. The van der Waals surface area contributed by atoms with Crippen molar-refractivity contribution in [3.8, 4) is 0 Å². The molecule has 1 aromatic heterocycles. The molecule has 5 N–H and O–H groups in total. The maximum absolute atomic E-state index is 13.4. The number of nitrogens with one attached hydrogen (secondary N) is 3. The van der Waals surface area contributed by atoms with E-state index in [4.69, 9.17) is 5.73 Å². The van der Waals surface area contributed by atoms with Gasteiger partial charge >= 0.3 is 6.03 Å². The van der Waals surface area contributed by atoms with Gasteiger partial charge in [-0.05, 0) is 64.9 Å². The molecule has 0 saturated carbocycles. The van der Waals surface area contributed by atoms with Gasteiger partial charge < -0.3 is 26.6 Å². The van der Waals surface area contributed by atoms with Crippen LogP contribution in [0.25, 0.3) is 10.8 Å². The monoisotopic (exact) mass is 480 g/mol. The Morgan fingerprint density at radius 2 is 1.83 bits per heavy atom. The van der Waals surface area contributed by atoms with Crippen LogP contribution < -0.4 is 21.7 Å². The highest BCUT2D eigenvalue weighted by Crippen LogP contribution is 2.26. The minimum Gasteiger partial charge on any atom is -0.383 e. The summed E-state index contributed by atoms with van der Waals surface area (Å²) in [4.78, 5) is 31.8. The lowest BCUT2D eigenvalue weighted by molar-refractivity contribution is -0.122. The zero-order valence-corrected chi connectivity index (χ0v) is 20.0. The smallest absolute Gasteiger partial charge is 0.321 e. The second-order valence-electron chi connectivity index (χ2n) is 8.97. The highest BCUT2D eigenvalue weighted by molar-refractivity contribution is 5.94. The normalized spacial score (nSPS) is 16.5. The third-order valence-corrected chi connectivity index (χ3v) is 6.41. The Balaban J connectivity index is 1.47. The SMILES string of the molecule is CN1CCc2ccc(cc2)C(Nc2ccc3c(N)nccc3c2)C(=O)NCc2cccc(c2)NC1=O. The first kappa shape index (κ1) is 23.2. The molecule has 0 radical (unpaired) electrons. The Morgan fingerprint density at radius 3 is 2.67 bits per heavy atom. The summed E-state index contributed by atoms with van der Waals surface area (Å²) in [6, 6.07) is 22.3. The molecular formula is C28H28N6O2. The molecule has 6 rings (SSSR count). The first-order valence-corrected chi connectivity index (χ1v) is 11.8. The fourth-order valence-electron chi connectivity index (χ4n) is 4.30. The Kier molecular flexibility index (Phi) is 6.40. The summed E-state index contributed by atoms with van der Waals surface area (Å²) in [6.45, 7) is 0.899. The molecule has 4 bridgehead atoms. The highest BCUT2D eigenvalue weighted by Gasteiger charge is 2.21. The van der Waals surface area contributed by atoms with E-state index in [9.17, 15) is 9.59 Å². The molecule has 8 nitrogen and oxygen atoms in total. The molecule has 3 heterocycles. The lowest BCUT2D eigenvalue weighted by Crippen LogP contribution is -2.34. The molecule has 0 aliphatic carbocycles. The molecule has 3 aromatic carbocycles. The topological polar surface area (TPSA) is 112 Å². The van der Waals surface area contributed by atoms with Gasteiger partial charge in [-0.1, -0.05) is 36.4 Å². The number of amides is 3. The third kappa shape index (κ3) is 5.07. The average Bonchev–Trinajstić information content (AvgIpc) is 2.89. The van der Waals surface area contributed by atoms with Crippen molar-refractivity contribution in [1.29, 1.82) is 0 Å². The van der Waals surface area contributed by atoms with E-state index in [0.29, 0.717) is 31.0 Å². The Bertz CT molecular complexity index is 1420. The van der Waals surface area contributed by atoms with Gasteiger partial charge in [-0.25, -0.2) is 9.78 Å². The summed E-state index contributed by atoms with van der Waals surface area (Å²) in [5, 5.41) is 11.2. The number of carbonyl (C=O) groups excluding carboxylic acids is 2. The number of aromatic nitrogens is 1. The van der Waals surface area contributed by atoms with Gasteiger partial charge in [-0.3, -0.25) is 4.79 Å². The van der Waals surface area contributed by atoms with Gasteiger partial charge in [0.2, 0.25) is 5.91 Å². The van der Waals surface area contributed by atoms with E-state index in [1.807, 2.05) is 72.8 Å². The number of rotatable bonds is 2. The third-order valence-electron chi connectivity index (χ3n) is 6.41. The van der Waals surface area contributed by atoms with Gasteiger partial charge in [0.15, 0.2) is 0 Å². The largest absolute Gasteiger partial charge is 0.383 e. The number of hydrogen-bond donors (Lipinski definition) is 4. The maximum atomic E-state index is 13.4. The molecule has 36 heavy (non-hydrogen) atoms. The molecule has 4 aromatic rings. The van der Waals surface area contributed by atoms with Crippen molar-refractivity contribution < 1.29 is 9.59 Å². The van der Waals surface area contributed by atoms with Crippen LogP contribution in [0.1, 0.15) is 22.7 Å². The second-order valence-corrected chi connectivity index (χ2v) is 8.97. The lowest BCUT2D eigenvalue weighted by Gasteiger charge is -2.22. The van der Waals surface area contributed by atoms with Gasteiger partial charge in [0.25, 0.3) is 0 Å². The molecule has 0 saturated heterocycles. The number of benzene rings is 3. The number of likely N-dealkylation sites (N-methyl/N-ethyl adjacent to an activating group) is 1. The van der Waals surface area contributed by atoms with Crippen LogP contribution in [-0.2, 0) is 17.8 Å². The van der Waals surface area contributed by atoms with Crippen molar-refractivity contribution in [3.05, 3.63) is 95.7 Å². The number of carbonyl (C=O) groups is 2.